The van der Waals surface area contributed by atoms with E-state index < -0.39 is 20.5 Å². The Balaban J connectivity index is 1.41. The minimum atomic E-state index is -3.94. The molecule has 1 heterocycles. The summed E-state index contributed by atoms with van der Waals surface area (Å²) in [6, 6.07) is 22.3. The Kier molecular flexibility index (Phi) is 8.54. The van der Waals surface area contributed by atoms with Crippen LogP contribution in [0.2, 0.25) is 5.02 Å². The second-order valence-corrected chi connectivity index (χ2v) is 12.3. The largest absolute Gasteiger partial charge is 0.489 e. The average Bonchev–Trinajstić information content (AvgIpc) is 2.90. The number of amides is 1. The number of aryl methyl sites for hydroxylation is 1. The lowest BCUT2D eigenvalue weighted by Gasteiger charge is -2.39. The number of nitrogens with one attached hydrogen (secondary N) is 1. The van der Waals surface area contributed by atoms with Crippen LogP contribution in [0, 0.1) is 6.92 Å². The molecule has 2 N–H and O–H groups in total. The van der Waals surface area contributed by atoms with Gasteiger partial charge in [-0.2, -0.15) is 0 Å². The third kappa shape index (κ3) is 6.51. The maximum absolute atomic E-state index is 13.6. The molecule has 1 saturated heterocycles. The van der Waals surface area contributed by atoms with Gasteiger partial charge in [-0.3, -0.25) is 14.9 Å². The van der Waals surface area contributed by atoms with E-state index in [0.29, 0.717) is 42.6 Å². The fourth-order valence-corrected chi connectivity index (χ4v) is 6.76. The number of carbonyl (C=O) groups excluding carboxylic acids is 1. The summed E-state index contributed by atoms with van der Waals surface area (Å²) < 4.78 is 31.2. The van der Waals surface area contributed by atoms with E-state index >= 15 is 0 Å². The van der Waals surface area contributed by atoms with Crippen LogP contribution in [0.3, 0.4) is 0 Å². The predicted octanol–water partition coefficient (Wildman–Crippen LogP) is 4.68. The third-order valence-corrected chi connectivity index (χ3v) is 9.65. The molecule has 196 valence electrons. The van der Waals surface area contributed by atoms with Gasteiger partial charge < -0.3 is 4.74 Å². The Labute approximate surface area is 222 Å². The van der Waals surface area contributed by atoms with Crippen LogP contribution in [-0.2, 0) is 33.5 Å². The molecule has 1 fully saturated rings. The lowest BCUT2D eigenvalue weighted by atomic mass is 9.94. The van der Waals surface area contributed by atoms with Crippen LogP contribution in [0.25, 0.3) is 0 Å². The van der Waals surface area contributed by atoms with Crippen LogP contribution in [0.1, 0.15) is 35.1 Å². The minimum absolute atomic E-state index is 0.107. The number of nitrogens with zero attached hydrogens (tertiary/aromatic N) is 1. The molecule has 0 atom stereocenters. The third-order valence-electron chi connectivity index (χ3n) is 6.90. The first-order valence-electron chi connectivity index (χ1n) is 12.1. The van der Waals surface area contributed by atoms with Crippen LogP contribution < -0.4 is 10.2 Å². The molecule has 0 radical (unpaired) electrons. The molecule has 1 aliphatic rings. The highest BCUT2D eigenvalue weighted by Crippen LogP contribution is 2.34. The Hall–Kier alpha value is -2.91. The van der Waals surface area contributed by atoms with Gasteiger partial charge in [0.2, 0.25) is 0 Å². The fraction of sp³-hybridized carbons (Fsp3) is 0.321. The molecule has 0 aromatic heterocycles. The van der Waals surface area contributed by atoms with Gasteiger partial charge >= 0.3 is 0 Å². The molecule has 3 aromatic rings. The average molecular weight is 543 g/mol. The van der Waals surface area contributed by atoms with Crippen molar-refractivity contribution in [3.63, 3.8) is 0 Å². The summed E-state index contributed by atoms with van der Waals surface area (Å²) in [6.07, 6.45) is 0.214. The van der Waals surface area contributed by atoms with Gasteiger partial charge in [0.25, 0.3) is 5.91 Å². The standard InChI is InChI=1S/C28H31ClN2O5S/c1-21-2-4-22(5-3-21)18-31-16-14-28(15-17-31,27(32)30-33)37(34,35)20-24-8-12-26(13-9-24)36-19-23-6-10-25(29)11-7-23/h2-13,33H,14-20H2,1H3,(H,30,32). The van der Waals surface area contributed by atoms with Gasteiger partial charge in [0.05, 0.1) is 5.75 Å². The van der Waals surface area contributed by atoms with Gasteiger partial charge in [-0.1, -0.05) is 65.7 Å². The van der Waals surface area contributed by atoms with E-state index in [2.05, 4.69) is 17.0 Å². The summed E-state index contributed by atoms with van der Waals surface area (Å²) in [4.78, 5) is 14.9. The van der Waals surface area contributed by atoms with Crippen molar-refractivity contribution in [1.82, 2.24) is 10.4 Å². The lowest BCUT2D eigenvalue weighted by molar-refractivity contribution is -0.133. The highest BCUT2D eigenvalue weighted by atomic mass is 35.5. The highest BCUT2D eigenvalue weighted by molar-refractivity contribution is 7.92. The molecule has 0 spiro atoms. The fourth-order valence-electron chi connectivity index (χ4n) is 4.59. The number of halogens is 1. The topological polar surface area (TPSA) is 95.9 Å². The van der Waals surface area contributed by atoms with E-state index in [0.717, 1.165) is 11.1 Å². The Morgan fingerprint density at radius 2 is 1.51 bits per heavy atom. The highest BCUT2D eigenvalue weighted by Gasteiger charge is 2.52. The number of likely N-dealkylation sites (tertiary alicyclic amines) is 1. The summed E-state index contributed by atoms with van der Waals surface area (Å²) in [7, 11) is -3.94. The smallest absolute Gasteiger partial charge is 0.264 e. The molecule has 1 amide bonds. The zero-order chi connectivity index (χ0) is 26.5. The van der Waals surface area contributed by atoms with E-state index in [1.807, 2.05) is 31.2 Å². The first kappa shape index (κ1) is 27.1. The van der Waals surface area contributed by atoms with Gasteiger partial charge in [-0.15, -0.1) is 0 Å². The summed E-state index contributed by atoms with van der Waals surface area (Å²) in [6.45, 7) is 3.91. The summed E-state index contributed by atoms with van der Waals surface area (Å²) >= 11 is 5.91. The van der Waals surface area contributed by atoms with Gasteiger partial charge in [-0.05, 0) is 60.7 Å². The Morgan fingerprint density at radius 3 is 2.11 bits per heavy atom. The number of hydrogen-bond acceptors (Lipinski definition) is 6. The van der Waals surface area contributed by atoms with Crippen molar-refractivity contribution < 1.29 is 23.2 Å². The number of rotatable bonds is 9. The maximum atomic E-state index is 13.6. The van der Waals surface area contributed by atoms with Crippen molar-refractivity contribution in [3.05, 3.63) is 100 Å². The normalized spacial score (nSPS) is 15.8. The minimum Gasteiger partial charge on any atom is -0.489 e. The van der Waals surface area contributed by atoms with Crippen molar-refractivity contribution in [2.75, 3.05) is 13.1 Å². The van der Waals surface area contributed by atoms with Crippen LogP contribution in [0.4, 0.5) is 0 Å². The molecule has 0 unspecified atom stereocenters. The number of benzene rings is 3. The first-order chi connectivity index (χ1) is 17.7. The number of carbonyl (C=O) groups is 1. The van der Waals surface area contributed by atoms with Crippen LogP contribution in [0.5, 0.6) is 5.75 Å². The quantitative estimate of drug-likeness (QED) is 0.301. The molecule has 7 nitrogen and oxygen atoms in total. The Bertz CT molecular complexity index is 1300. The number of ether oxygens (including phenoxy) is 1. The van der Waals surface area contributed by atoms with Gasteiger partial charge in [-0.25, -0.2) is 13.9 Å². The van der Waals surface area contributed by atoms with Crippen LogP contribution in [-0.4, -0.2) is 42.3 Å². The van der Waals surface area contributed by atoms with E-state index in [1.165, 1.54) is 5.56 Å². The number of sulfone groups is 1. The SMILES string of the molecule is Cc1ccc(CN2CCC(C(=O)NO)(S(=O)(=O)Cc3ccc(OCc4ccc(Cl)cc4)cc3)CC2)cc1. The molecule has 9 heteroatoms. The van der Waals surface area contributed by atoms with E-state index in [1.54, 1.807) is 41.9 Å². The maximum Gasteiger partial charge on any atom is 0.264 e. The monoisotopic (exact) mass is 542 g/mol. The molecule has 4 rings (SSSR count). The molecule has 0 bridgehead atoms. The summed E-state index contributed by atoms with van der Waals surface area (Å²) in [5, 5.41) is 10.1. The number of piperidine rings is 1. The summed E-state index contributed by atoms with van der Waals surface area (Å²) in [5.74, 6) is -0.579. The number of hydroxylamine groups is 1. The van der Waals surface area contributed by atoms with E-state index in [-0.39, 0.29) is 18.6 Å². The summed E-state index contributed by atoms with van der Waals surface area (Å²) in [5.41, 5.74) is 5.43. The van der Waals surface area contributed by atoms with Crippen molar-refractivity contribution in [1.29, 1.82) is 0 Å². The van der Waals surface area contributed by atoms with E-state index in [9.17, 15) is 18.4 Å². The van der Waals surface area contributed by atoms with Gasteiger partial charge in [0, 0.05) is 24.7 Å². The van der Waals surface area contributed by atoms with Crippen LogP contribution in [0.15, 0.2) is 72.8 Å². The predicted molar refractivity (Wildman–Crippen MR) is 143 cm³/mol. The lowest BCUT2D eigenvalue weighted by Crippen LogP contribution is -2.57. The van der Waals surface area contributed by atoms with Crippen molar-refractivity contribution in [2.24, 2.45) is 0 Å². The molecule has 3 aromatic carbocycles. The second-order valence-electron chi connectivity index (χ2n) is 9.52. The van der Waals surface area contributed by atoms with Gasteiger partial charge in [0.1, 0.15) is 12.4 Å². The molecule has 0 saturated carbocycles. The zero-order valence-corrected chi connectivity index (χ0v) is 22.3. The molecule has 1 aliphatic heterocycles. The zero-order valence-electron chi connectivity index (χ0n) is 20.7. The van der Waals surface area contributed by atoms with Crippen molar-refractivity contribution >= 4 is 27.3 Å². The molecule has 0 aliphatic carbocycles. The van der Waals surface area contributed by atoms with Gasteiger partial charge in [0.15, 0.2) is 14.6 Å². The van der Waals surface area contributed by atoms with Crippen LogP contribution >= 0.6 is 11.6 Å². The molecule has 37 heavy (non-hydrogen) atoms. The second kappa shape index (κ2) is 11.6. The first-order valence-corrected chi connectivity index (χ1v) is 14.1. The molecular weight excluding hydrogens is 512 g/mol. The van der Waals surface area contributed by atoms with E-state index in [4.69, 9.17) is 16.3 Å². The Morgan fingerprint density at radius 1 is 0.946 bits per heavy atom. The van der Waals surface area contributed by atoms with Crippen molar-refractivity contribution in [2.45, 2.75) is 43.4 Å². The number of hydrogen-bond donors (Lipinski definition) is 2. The molecular formula is C28H31ClN2O5S. The van der Waals surface area contributed by atoms with Crippen molar-refractivity contribution in [3.8, 4) is 5.75 Å².